The minimum absolute atomic E-state index is 0.0627. The number of rotatable bonds is 4. The van der Waals surface area contributed by atoms with Crippen molar-refractivity contribution in [3.05, 3.63) is 175 Å². The van der Waals surface area contributed by atoms with Crippen LogP contribution in [-0.2, 0) is 0 Å². The number of nitrogens with zero attached hydrogens (tertiary/aromatic N) is 6. The highest BCUT2D eigenvalue weighted by Gasteiger charge is 2.19. The summed E-state index contributed by atoms with van der Waals surface area (Å²) in [4.78, 5) is 64.4. The van der Waals surface area contributed by atoms with Gasteiger partial charge in [0.05, 0.1) is 31.7 Å². The first-order chi connectivity index (χ1) is 24.3. The van der Waals surface area contributed by atoms with Crippen LogP contribution in [0.15, 0.2) is 144 Å². The molecule has 0 aliphatic heterocycles. The summed E-state index contributed by atoms with van der Waals surface area (Å²) in [5.41, 5.74) is 2.86. The molecular weight excluding hydrogens is 636 g/mol. The first kappa shape index (κ1) is 31.3. The van der Waals surface area contributed by atoms with Gasteiger partial charge in [0.1, 0.15) is 0 Å². The van der Waals surface area contributed by atoms with Crippen LogP contribution < -0.4 is 10.9 Å². The first-order valence-electron chi connectivity index (χ1n) is 15.1. The largest absolute Gasteiger partial charge is 0.297 e. The number of aromatic nitrogens is 4. The van der Waals surface area contributed by atoms with Crippen LogP contribution in [0.2, 0.25) is 0 Å². The molecule has 0 saturated carbocycles. The van der Waals surface area contributed by atoms with Crippen molar-refractivity contribution in [1.82, 2.24) is 19.9 Å². The second-order valence-corrected chi connectivity index (χ2v) is 11.1. The summed E-state index contributed by atoms with van der Waals surface area (Å²) in [6.07, 6.45) is 6.09. The van der Waals surface area contributed by atoms with Gasteiger partial charge in [-0.15, -0.1) is 0 Å². The predicted molar refractivity (Wildman–Crippen MR) is 191 cm³/mol. The molecule has 0 unspecified atom stereocenters. The highest BCUT2D eigenvalue weighted by molar-refractivity contribution is 5.98. The molecule has 4 heterocycles. The summed E-state index contributed by atoms with van der Waals surface area (Å²) in [7, 11) is 0. The molecule has 0 radical (unpaired) electrons. The smallest absolute Gasteiger partial charge is 0.288 e. The topological polar surface area (TPSA) is 172 Å². The molecule has 0 aliphatic carbocycles. The molecule has 8 aromatic rings. The summed E-state index contributed by atoms with van der Waals surface area (Å²) < 4.78 is 0. The Morgan fingerprint density at radius 2 is 0.920 bits per heavy atom. The van der Waals surface area contributed by atoms with E-state index in [2.05, 4.69) is 19.9 Å². The van der Waals surface area contributed by atoms with Gasteiger partial charge < -0.3 is 0 Å². The minimum atomic E-state index is -0.541. The number of pyridine rings is 4. The SMILES string of the molecule is O=c1c2cc(-c3ccccc3)cnc2cc([N+](=O)[O-])c2ncccc12.O=c1c2cccnc2cc([N+](=O)[O-])c2ncc(-c3ccccc3)cc12. The molecule has 0 saturated heterocycles. The summed E-state index contributed by atoms with van der Waals surface area (Å²) >= 11 is 0. The zero-order valence-corrected chi connectivity index (χ0v) is 25.8. The Balaban J connectivity index is 0.000000157. The average Bonchev–Trinajstić information content (AvgIpc) is 3.37. The second kappa shape index (κ2) is 13.0. The third-order valence-electron chi connectivity index (χ3n) is 8.07. The van der Waals surface area contributed by atoms with Gasteiger partial charge in [-0.1, -0.05) is 60.7 Å². The Hall–Kier alpha value is -7.34. The number of hydrogen-bond donors (Lipinski definition) is 0. The molecule has 240 valence electrons. The fraction of sp³-hybridized carbons (Fsp3) is 0. The van der Waals surface area contributed by atoms with Crippen LogP contribution in [0.1, 0.15) is 0 Å². The van der Waals surface area contributed by atoms with Gasteiger partial charge in [-0.25, -0.2) is 9.97 Å². The van der Waals surface area contributed by atoms with Crippen LogP contribution in [0.25, 0.3) is 65.9 Å². The second-order valence-electron chi connectivity index (χ2n) is 11.1. The van der Waals surface area contributed by atoms with Gasteiger partial charge in [0, 0.05) is 58.8 Å². The monoisotopic (exact) mass is 658 g/mol. The van der Waals surface area contributed by atoms with Gasteiger partial charge in [-0.05, 0) is 47.5 Å². The van der Waals surface area contributed by atoms with E-state index in [0.717, 1.165) is 22.3 Å². The molecule has 0 N–H and O–H groups in total. The van der Waals surface area contributed by atoms with Crippen LogP contribution in [0.4, 0.5) is 11.4 Å². The van der Waals surface area contributed by atoms with Crippen molar-refractivity contribution < 1.29 is 9.85 Å². The summed E-state index contributed by atoms with van der Waals surface area (Å²) in [6.45, 7) is 0. The molecule has 0 spiro atoms. The number of fused-ring (bicyclic) bond motifs is 4. The van der Waals surface area contributed by atoms with Crippen LogP contribution in [0.3, 0.4) is 0 Å². The quantitative estimate of drug-likeness (QED) is 0.137. The van der Waals surface area contributed by atoms with Crippen molar-refractivity contribution in [2.75, 3.05) is 0 Å². The molecule has 4 aromatic heterocycles. The van der Waals surface area contributed by atoms with Crippen molar-refractivity contribution in [1.29, 1.82) is 0 Å². The Labute approximate surface area is 281 Å². The highest BCUT2D eigenvalue weighted by atomic mass is 16.6. The Bertz CT molecular complexity index is 2760. The lowest BCUT2D eigenvalue weighted by Gasteiger charge is -2.01. The third-order valence-corrected chi connectivity index (χ3v) is 8.07. The molecular formula is C38H22N6O6. The lowest BCUT2D eigenvalue weighted by molar-refractivity contribution is -0.383. The average molecular weight is 659 g/mol. The normalized spacial score (nSPS) is 10.9. The molecule has 0 bridgehead atoms. The molecule has 12 nitrogen and oxygen atoms in total. The van der Waals surface area contributed by atoms with Gasteiger partial charge in [0.15, 0.2) is 21.9 Å². The number of hydrogen-bond acceptors (Lipinski definition) is 10. The van der Waals surface area contributed by atoms with E-state index in [1.54, 1.807) is 48.8 Å². The van der Waals surface area contributed by atoms with E-state index in [0.29, 0.717) is 10.8 Å². The van der Waals surface area contributed by atoms with Crippen molar-refractivity contribution >= 4 is 55.0 Å². The van der Waals surface area contributed by atoms with E-state index in [1.165, 1.54) is 24.5 Å². The van der Waals surface area contributed by atoms with Crippen LogP contribution >= 0.6 is 0 Å². The Kier molecular flexibility index (Phi) is 8.16. The van der Waals surface area contributed by atoms with Gasteiger partial charge in [-0.3, -0.25) is 39.8 Å². The zero-order chi connectivity index (χ0) is 34.8. The molecule has 12 heteroatoms. The van der Waals surface area contributed by atoms with Gasteiger partial charge >= 0.3 is 0 Å². The van der Waals surface area contributed by atoms with E-state index in [4.69, 9.17) is 0 Å². The lowest BCUT2D eigenvalue weighted by atomic mass is 10.1. The third kappa shape index (κ3) is 5.84. The van der Waals surface area contributed by atoms with Gasteiger partial charge in [-0.2, -0.15) is 0 Å². The number of benzene rings is 2. The van der Waals surface area contributed by atoms with Gasteiger partial charge in [0.2, 0.25) is 0 Å². The molecule has 4 aromatic carbocycles. The zero-order valence-electron chi connectivity index (χ0n) is 25.8. The maximum Gasteiger partial charge on any atom is 0.297 e. The highest BCUT2D eigenvalue weighted by Crippen LogP contribution is 2.28. The van der Waals surface area contributed by atoms with Crippen molar-refractivity contribution in [2.45, 2.75) is 0 Å². The summed E-state index contributed by atoms with van der Waals surface area (Å²) in [5, 5.41) is 24.0. The first-order valence-corrected chi connectivity index (χ1v) is 15.1. The summed E-state index contributed by atoms with van der Waals surface area (Å²) in [5.74, 6) is 0. The van der Waals surface area contributed by atoms with Crippen molar-refractivity contribution in [2.24, 2.45) is 0 Å². The molecule has 50 heavy (non-hydrogen) atoms. The molecule has 8 rings (SSSR count). The molecule has 0 aliphatic rings. The van der Waals surface area contributed by atoms with Crippen LogP contribution in [0.5, 0.6) is 0 Å². The van der Waals surface area contributed by atoms with Crippen LogP contribution in [0, 0.1) is 20.2 Å². The van der Waals surface area contributed by atoms with Gasteiger partial charge in [0.25, 0.3) is 11.4 Å². The fourth-order valence-electron chi connectivity index (χ4n) is 5.67. The van der Waals surface area contributed by atoms with E-state index in [9.17, 15) is 29.8 Å². The maximum absolute atomic E-state index is 12.9. The standard InChI is InChI=1S/2C19H11N3O3/c23-19-14-7-4-8-20-18(14)17(22(24)25)10-16-15(19)9-13(11-21-16)12-5-2-1-3-6-12;23-19-14-7-4-8-20-16(14)10-17(22(24)25)18-15(19)9-13(11-21-18)12-5-2-1-3-6-12/h2*1-11H. The minimum Gasteiger partial charge on any atom is -0.288 e. The van der Waals surface area contributed by atoms with E-state index in [1.807, 2.05) is 60.7 Å². The fourth-order valence-corrected chi connectivity index (χ4v) is 5.67. The molecule has 0 atom stereocenters. The van der Waals surface area contributed by atoms with Crippen molar-refractivity contribution in [3.63, 3.8) is 0 Å². The van der Waals surface area contributed by atoms with Crippen LogP contribution in [-0.4, -0.2) is 29.8 Å². The van der Waals surface area contributed by atoms with E-state index >= 15 is 0 Å². The summed E-state index contributed by atoms with van der Waals surface area (Å²) in [6, 6.07) is 31.3. The molecule has 0 amide bonds. The number of nitro groups is 2. The Morgan fingerprint density at radius 3 is 1.52 bits per heavy atom. The van der Waals surface area contributed by atoms with E-state index in [-0.39, 0.29) is 55.1 Å². The predicted octanol–water partition coefficient (Wildman–Crippen LogP) is 7.44. The van der Waals surface area contributed by atoms with Crippen molar-refractivity contribution in [3.8, 4) is 22.3 Å². The van der Waals surface area contributed by atoms with E-state index < -0.39 is 9.85 Å². The lowest BCUT2D eigenvalue weighted by Crippen LogP contribution is -2.00. The molecule has 0 fully saturated rings. The Morgan fingerprint density at radius 1 is 0.440 bits per heavy atom. The maximum atomic E-state index is 12.9.